The van der Waals surface area contributed by atoms with Crippen LogP contribution in [0.15, 0.2) is 60.9 Å². The molecule has 0 atom stereocenters. The highest BCUT2D eigenvalue weighted by Gasteiger charge is 2.25. The lowest BCUT2D eigenvalue weighted by molar-refractivity contribution is 0.0976. The van der Waals surface area contributed by atoms with E-state index in [1.54, 1.807) is 22.0 Å². The average Bonchev–Trinajstić information content (AvgIpc) is 3.09. The van der Waals surface area contributed by atoms with Gasteiger partial charge in [-0.1, -0.05) is 36.4 Å². The monoisotopic (exact) mass is 333 g/mol. The Hall–Kier alpha value is -3.08. The molecule has 0 fully saturated rings. The Bertz CT molecular complexity index is 902. The summed E-state index contributed by atoms with van der Waals surface area (Å²) >= 11 is 0. The second-order valence-corrected chi connectivity index (χ2v) is 6.19. The van der Waals surface area contributed by atoms with Crippen molar-refractivity contribution >= 4 is 11.6 Å². The first-order valence-electron chi connectivity index (χ1n) is 8.32. The van der Waals surface area contributed by atoms with Crippen molar-refractivity contribution in [3.8, 4) is 5.75 Å². The maximum atomic E-state index is 12.9. The van der Waals surface area contributed by atoms with E-state index in [9.17, 15) is 4.79 Å². The molecule has 0 aliphatic carbocycles. The first kappa shape index (κ1) is 15.4. The zero-order chi connectivity index (χ0) is 17.2. The molecule has 5 heteroatoms. The number of anilines is 1. The van der Waals surface area contributed by atoms with Crippen molar-refractivity contribution in [3.05, 3.63) is 77.6 Å². The zero-order valence-corrected chi connectivity index (χ0v) is 14.1. The fourth-order valence-corrected chi connectivity index (χ4v) is 3.03. The van der Waals surface area contributed by atoms with Gasteiger partial charge in [-0.15, -0.1) is 0 Å². The lowest BCUT2D eigenvalue weighted by atomic mass is 10.1. The van der Waals surface area contributed by atoms with Crippen LogP contribution in [0.25, 0.3) is 0 Å². The van der Waals surface area contributed by atoms with Gasteiger partial charge in [0.15, 0.2) is 0 Å². The van der Waals surface area contributed by atoms with E-state index in [2.05, 4.69) is 5.10 Å². The summed E-state index contributed by atoms with van der Waals surface area (Å²) in [6, 6.07) is 16.0. The lowest BCUT2D eigenvalue weighted by Crippen LogP contribution is -2.37. The van der Waals surface area contributed by atoms with Crippen LogP contribution in [0, 0.1) is 6.92 Å². The number of carbonyl (C=O) groups is 1. The minimum atomic E-state index is -0.0484. The first-order valence-corrected chi connectivity index (χ1v) is 8.32. The van der Waals surface area contributed by atoms with Crippen molar-refractivity contribution in [2.45, 2.75) is 13.5 Å². The molecule has 1 amide bonds. The van der Waals surface area contributed by atoms with Gasteiger partial charge in [0.1, 0.15) is 12.4 Å². The highest BCUT2D eigenvalue weighted by Crippen LogP contribution is 2.33. The molecule has 3 aromatic rings. The molecule has 0 spiro atoms. The summed E-state index contributed by atoms with van der Waals surface area (Å²) in [5, 5.41) is 4.34. The van der Waals surface area contributed by atoms with Gasteiger partial charge in [-0.05, 0) is 30.2 Å². The molecule has 126 valence electrons. The minimum Gasteiger partial charge on any atom is -0.490 e. The van der Waals surface area contributed by atoms with Crippen molar-refractivity contribution in [1.82, 2.24) is 9.78 Å². The molecule has 0 saturated carbocycles. The van der Waals surface area contributed by atoms with Crippen LogP contribution >= 0.6 is 0 Å². The number of aryl methyl sites for hydroxylation is 1. The lowest BCUT2D eigenvalue weighted by Gasteiger charge is -2.29. The Morgan fingerprint density at radius 3 is 2.88 bits per heavy atom. The number of hydrogen-bond acceptors (Lipinski definition) is 3. The third-order valence-corrected chi connectivity index (χ3v) is 4.29. The maximum Gasteiger partial charge on any atom is 0.261 e. The number of rotatable bonds is 3. The second kappa shape index (κ2) is 6.43. The van der Waals surface area contributed by atoms with Crippen LogP contribution in [-0.2, 0) is 6.54 Å². The number of nitrogens with zero attached hydrogens (tertiary/aromatic N) is 3. The van der Waals surface area contributed by atoms with E-state index in [1.165, 1.54) is 0 Å². The van der Waals surface area contributed by atoms with E-state index in [-0.39, 0.29) is 5.91 Å². The Balaban J connectivity index is 1.56. The molecule has 2 heterocycles. The summed E-state index contributed by atoms with van der Waals surface area (Å²) in [7, 11) is 0. The van der Waals surface area contributed by atoms with Crippen LogP contribution < -0.4 is 9.64 Å². The summed E-state index contributed by atoms with van der Waals surface area (Å²) in [4.78, 5) is 14.7. The average molecular weight is 333 g/mol. The highest BCUT2D eigenvalue weighted by atomic mass is 16.5. The van der Waals surface area contributed by atoms with Crippen LogP contribution in [0.5, 0.6) is 5.75 Å². The van der Waals surface area contributed by atoms with Crippen molar-refractivity contribution in [3.63, 3.8) is 0 Å². The molecule has 25 heavy (non-hydrogen) atoms. The quantitative estimate of drug-likeness (QED) is 0.739. The Morgan fingerprint density at radius 2 is 2.04 bits per heavy atom. The van der Waals surface area contributed by atoms with Crippen molar-refractivity contribution in [2.24, 2.45) is 0 Å². The number of hydrogen-bond donors (Lipinski definition) is 0. The smallest absolute Gasteiger partial charge is 0.261 e. The summed E-state index contributed by atoms with van der Waals surface area (Å²) in [6.45, 7) is 3.70. The first-order chi connectivity index (χ1) is 12.2. The number of benzene rings is 2. The molecule has 1 aromatic heterocycles. The van der Waals surface area contributed by atoms with Gasteiger partial charge in [0, 0.05) is 6.20 Å². The van der Waals surface area contributed by atoms with Crippen LogP contribution in [0.4, 0.5) is 5.69 Å². The molecule has 0 bridgehead atoms. The van der Waals surface area contributed by atoms with E-state index in [0.29, 0.717) is 25.3 Å². The Kier molecular flexibility index (Phi) is 3.98. The molecule has 0 unspecified atom stereocenters. The van der Waals surface area contributed by atoms with Crippen LogP contribution in [-0.4, -0.2) is 28.8 Å². The predicted octanol–water partition coefficient (Wildman–Crippen LogP) is 3.28. The van der Waals surface area contributed by atoms with E-state index >= 15 is 0 Å². The van der Waals surface area contributed by atoms with Crippen molar-refractivity contribution in [1.29, 1.82) is 0 Å². The van der Waals surface area contributed by atoms with Gasteiger partial charge < -0.3 is 9.64 Å². The molecule has 0 radical (unpaired) electrons. The van der Waals surface area contributed by atoms with Crippen LogP contribution in [0.3, 0.4) is 0 Å². The molecular weight excluding hydrogens is 314 g/mol. The van der Waals surface area contributed by atoms with Crippen molar-refractivity contribution < 1.29 is 9.53 Å². The summed E-state index contributed by atoms with van der Waals surface area (Å²) in [5.74, 6) is 0.712. The van der Waals surface area contributed by atoms with E-state index in [4.69, 9.17) is 4.74 Å². The number of amides is 1. The second-order valence-electron chi connectivity index (χ2n) is 6.19. The Morgan fingerprint density at radius 1 is 1.20 bits per heavy atom. The zero-order valence-electron chi connectivity index (χ0n) is 14.1. The highest BCUT2D eigenvalue weighted by molar-refractivity contribution is 6.06. The fraction of sp³-hybridized carbons (Fsp3) is 0.200. The van der Waals surface area contributed by atoms with Gasteiger partial charge >= 0.3 is 0 Å². The van der Waals surface area contributed by atoms with Gasteiger partial charge in [-0.2, -0.15) is 5.10 Å². The largest absolute Gasteiger partial charge is 0.490 e. The molecule has 2 aromatic carbocycles. The standard InChI is InChI=1S/C20H19N3O2/c1-15-7-8-18-19(11-15)25-10-9-23(18)20(24)17-12-21-22(14-17)13-16-5-3-2-4-6-16/h2-8,11-12,14H,9-10,13H2,1H3. The molecule has 1 aliphatic rings. The third-order valence-electron chi connectivity index (χ3n) is 4.29. The van der Waals surface area contributed by atoms with E-state index in [1.807, 2.05) is 55.5 Å². The summed E-state index contributed by atoms with van der Waals surface area (Å²) < 4.78 is 7.48. The fourth-order valence-electron chi connectivity index (χ4n) is 3.03. The molecule has 1 aliphatic heterocycles. The normalized spacial score (nSPS) is 13.2. The number of fused-ring (bicyclic) bond motifs is 1. The van der Waals surface area contributed by atoms with Gasteiger partial charge in [0.05, 0.1) is 30.5 Å². The molecule has 0 saturated heterocycles. The maximum absolute atomic E-state index is 12.9. The van der Waals surface area contributed by atoms with Crippen molar-refractivity contribution in [2.75, 3.05) is 18.1 Å². The van der Waals surface area contributed by atoms with E-state index < -0.39 is 0 Å². The van der Waals surface area contributed by atoms with Crippen LogP contribution in [0.1, 0.15) is 21.5 Å². The summed E-state index contributed by atoms with van der Waals surface area (Å²) in [6.07, 6.45) is 3.44. The predicted molar refractivity (Wildman–Crippen MR) is 96.1 cm³/mol. The third kappa shape index (κ3) is 3.13. The van der Waals surface area contributed by atoms with Gasteiger partial charge in [0.25, 0.3) is 5.91 Å². The number of aromatic nitrogens is 2. The number of ether oxygens (including phenoxy) is 1. The minimum absolute atomic E-state index is 0.0484. The SMILES string of the molecule is Cc1ccc2c(c1)OCCN2C(=O)c1cnn(Cc2ccccc2)c1. The van der Waals surface area contributed by atoms with Gasteiger partial charge in [-0.25, -0.2) is 0 Å². The number of carbonyl (C=O) groups excluding carboxylic acids is 1. The van der Waals surface area contributed by atoms with Gasteiger partial charge in [-0.3, -0.25) is 9.48 Å². The molecule has 4 rings (SSSR count). The van der Waals surface area contributed by atoms with E-state index in [0.717, 1.165) is 22.6 Å². The van der Waals surface area contributed by atoms with Crippen LogP contribution in [0.2, 0.25) is 0 Å². The topological polar surface area (TPSA) is 47.4 Å². The van der Waals surface area contributed by atoms with Gasteiger partial charge in [0.2, 0.25) is 0 Å². The molecular formula is C20H19N3O2. The molecule has 0 N–H and O–H groups in total. The Labute approximate surface area is 146 Å². The molecule has 5 nitrogen and oxygen atoms in total. The summed E-state index contributed by atoms with van der Waals surface area (Å²) in [5.41, 5.74) is 3.67.